The highest BCUT2D eigenvalue weighted by Gasteiger charge is 2.37. The number of hydrogen-bond donors (Lipinski definition) is 6. The second-order valence-electron chi connectivity index (χ2n) is 15.5. The maximum atomic E-state index is 11.0. The summed E-state index contributed by atoms with van der Waals surface area (Å²) in [5.41, 5.74) is 5.08. The quantitative estimate of drug-likeness (QED) is 0.164. The van der Waals surface area contributed by atoms with Crippen molar-refractivity contribution in [3.8, 4) is 0 Å². The van der Waals surface area contributed by atoms with Crippen molar-refractivity contribution in [3.63, 3.8) is 0 Å². The van der Waals surface area contributed by atoms with Crippen LogP contribution < -0.4 is 0 Å². The molecular weight excluding hydrogens is 618 g/mol. The van der Waals surface area contributed by atoms with E-state index in [9.17, 15) is 9.13 Å². The molecule has 0 saturated heterocycles. The monoisotopic (exact) mass is 676 g/mol. The lowest BCUT2D eigenvalue weighted by Crippen LogP contribution is -2.38. The average molecular weight is 677 g/mol. The predicted octanol–water partition coefficient (Wildman–Crippen LogP) is 6.74. The Hall–Kier alpha value is -1.42. The molecule has 0 aliphatic rings. The maximum Gasteiger partial charge on any atom is 0.481 e. The lowest BCUT2D eigenvalue weighted by molar-refractivity contribution is -0.0316. The molecule has 0 spiro atoms. The Morgan fingerprint density at radius 1 is 0.556 bits per heavy atom. The van der Waals surface area contributed by atoms with Crippen LogP contribution in [0.25, 0.3) is 0 Å². The zero-order valence-electron chi connectivity index (χ0n) is 29.2. The number of aliphatic hydroxyl groups is 3. The van der Waals surface area contributed by atoms with E-state index in [4.69, 9.17) is 30.0 Å². The van der Waals surface area contributed by atoms with Crippen molar-refractivity contribution in [2.75, 3.05) is 26.4 Å². The summed E-state index contributed by atoms with van der Waals surface area (Å²) in [6, 6.07) is 17.9. The third-order valence-corrected chi connectivity index (χ3v) is 9.07. The summed E-state index contributed by atoms with van der Waals surface area (Å²) >= 11 is 0. The highest BCUT2D eigenvalue weighted by atomic mass is 31.3. The average Bonchev–Trinajstić information content (AvgIpc) is 2.87. The summed E-state index contributed by atoms with van der Waals surface area (Å²) < 4.78 is 28.9. The Balaban J connectivity index is 0.000000649. The second kappa shape index (κ2) is 16.6. The fraction of sp³-hybridized carbons (Fsp3) is 0.636. The Morgan fingerprint density at radius 2 is 0.822 bits per heavy atom. The molecule has 1 atom stereocenters. The largest absolute Gasteiger partial charge is 0.481 e. The van der Waals surface area contributed by atoms with Crippen LogP contribution in [0.2, 0.25) is 0 Å². The van der Waals surface area contributed by atoms with Crippen molar-refractivity contribution in [2.45, 2.75) is 105 Å². The first-order chi connectivity index (χ1) is 20.0. The van der Waals surface area contributed by atoms with E-state index >= 15 is 0 Å². The maximum absolute atomic E-state index is 11.0. The molecule has 0 aliphatic heterocycles. The van der Waals surface area contributed by atoms with Crippen molar-refractivity contribution in [3.05, 3.63) is 70.8 Å². The first-order valence-electron chi connectivity index (χ1n) is 14.8. The first-order valence-corrected chi connectivity index (χ1v) is 17.8. The van der Waals surface area contributed by atoms with Gasteiger partial charge in [-0.3, -0.25) is 4.52 Å². The van der Waals surface area contributed by atoms with E-state index in [1.165, 1.54) is 22.3 Å². The molecule has 0 aliphatic carbocycles. The summed E-state index contributed by atoms with van der Waals surface area (Å²) in [7, 11) is -10.3. The van der Waals surface area contributed by atoms with Crippen LogP contribution in [-0.2, 0) is 39.6 Å². The minimum atomic E-state index is -5.22. The molecule has 260 valence electrons. The lowest BCUT2D eigenvalue weighted by atomic mass is 9.81. The van der Waals surface area contributed by atoms with Gasteiger partial charge in [-0.05, 0) is 43.9 Å². The van der Waals surface area contributed by atoms with Gasteiger partial charge in [0, 0.05) is 0 Å². The van der Waals surface area contributed by atoms with E-state index in [2.05, 4.69) is 140 Å². The van der Waals surface area contributed by atoms with Crippen molar-refractivity contribution in [1.29, 1.82) is 0 Å². The predicted molar refractivity (Wildman–Crippen MR) is 180 cm³/mol. The van der Waals surface area contributed by atoms with Crippen molar-refractivity contribution in [1.82, 2.24) is 0 Å². The molecule has 45 heavy (non-hydrogen) atoms. The zero-order valence-corrected chi connectivity index (χ0v) is 30.9. The van der Waals surface area contributed by atoms with Crippen LogP contribution in [-0.4, -0.2) is 56.4 Å². The van der Waals surface area contributed by atoms with Gasteiger partial charge in [0.15, 0.2) is 0 Å². The van der Waals surface area contributed by atoms with Gasteiger partial charge in [-0.2, -0.15) is 4.31 Å². The molecule has 12 heteroatoms. The summed E-state index contributed by atoms with van der Waals surface area (Å²) in [5.74, 6) is 0. The number of benzene rings is 2. The number of phosphoric acid groups is 2. The zero-order chi connectivity index (χ0) is 35.7. The van der Waals surface area contributed by atoms with Crippen LogP contribution in [0.1, 0.15) is 105 Å². The minimum absolute atomic E-state index is 0.251. The van der Waals surface area contributed by atoms with E-state index in [1.54, 1.807) is 0 Å². The summed E-state index contributed by atoms with van der Waals surface area (Å²) in [6.07, 6.45) is 0. The van der Waals surface area contributed by atoms with Crippen LogP contribution in [0.5, 0.6) is 0 Å². The molecule has 0 saturated carbocycles. The van der Waals surface area contributed by atoms with Gasteiger partial charge in [0.2, 0.25) is 0 Å². The van der Waals surface area contributed by atoms with E-state index in [1.807, 2.05) is 0 Å². The second-order valence-corrected chi connectivity index (χ2v) is 18.3. The highest BCUT2D eigenvalue weighted by Crippen LogP contribution is 2.58. The van der Waals surface area contributed by atoms with Crippen molar-refractivity contribution >= 4 is 15.6 Å². The molecule has 2 rings (SSSR count). The molecule has 2 aromatic rings. The van der Waals surface area contributed by atoms with E-state index in [0.717, 1.165) is 0 Å². The van der Waals surface area contributed by atoms with E-state index in [-0.39, 0.29) is 21.7 Å². The standard InChI is InChI=1S/2C14H22.C5H14O10P2/c2*1-13(2,3)11-8-7-9-12(10-11)14(4,5)6;6-1-5(2-7,3-8)4-14-17(12,13)15-16(9,10)11/h2*7-10H,1-6H3;6-8H,1-4H2,(H,12,13)(H2,9,10,11). The van der Waals surface area contributed by atoms with Crippen LogP contribution in [0.15, 0.2) is 48.5 Å². The molecular formula is C33H58O10P2. The number of hydrogen-bond acceptors (Lipinski definition) is 7. The molecule has 6 N–H and O–H groups in total. The highest BCUT2D eigenvalue weighted by molar-refractivity contribution is 7.60. The summed E-state index contributed by atoms with van der Waals surface area (Å²) in [6.45, 7) is 24.0. The molecule has 0 heterocycles. The summed E-state index contributed by atoms with van der Waals surface area (Å²) in [4.78, 5) is 25.4. The molecule has 0 bridgehead atoms. The van der Waals surface area contributed by atoms with Gasteiger partial charge in [-0.25, -0.2) is 9.13 Å². The van der Waals surface area contributed by atoms with Crippen molar-refractivity contribution < 1.29 is 48.0 Å². The Bertz CT molecular complexity index is 1140. The van der Waals surface area contributed by atoms with Crippen LogP contribution >= 0.6 is 15.6 Å². The van der Waals surface area contributed by atoms with Gasteiger partial charge in [-0.15, -0.1) is 0 Å². The SMILES string of the molecule is CC(C)(C)c1cccc(C(C)(C)C)c1.CC(C)(C)c1cccc(C(C)(C)C)c1.O=P(O)(O)OP(=O)(O)OCC(CO)(CO)CO. The number of aliphatic hydroxyl groups excluding tert-OH is 3. The van der Waals surface area contributed by atoms with Gasteiger partial charge in [0.05, 0.1) is 31.8 Å². The third-order valence-electron chi connectivity index (χ3n) is 6.94. The van der Waals surface area contributed by atoms with Crippen LogP contribution in [0.4, 0.5) is 0 Å². The third kappa shape index (κ3) is 16.8. The van der Waals surface area contributed by atoms with Gasteiger partial charge in [0.1, 0.15) is 0 Å². The topological polar surface area (TPSA) is 174 Å². The van der Waals surface area contributed by atoms with Crippen molar-refractivity contribution in [2.24, 2.45) is 5.41 Å². The molecule has 10 nitrogen and oxygen atoms in total. The molecule has 1 unspecified atom stereocenters. The van der Waals surface area contributed by atoms with E-state index < -0.39 is 47.5 Å². The Morgan fingerprint density at radius 3 is 1.02 bits per heavy atom. The Labute approximate surface area is 270 Å². The van der Waals surface area contributed by atoms with E-state index in [0.29, 0.717) is 0 Å². The molecule has 0 radical (unpaired) electrons. The lowest BCUT2D eigenvalue weighted by Gasteiger charge is -2.27. The van der Waals surface area contributed by atoms with Crippen LogP contribution in [0.3, 0.4) is 0 Å². The number of phosphoric ester groups is 1. The van der Waals surface area contributed by atoms with Gasteiger partial charge in [0.25, 0.3) is 0 Å². The van der Waals surface area contributed by atoms with Crippen LogP contribution in [0, 0.1) is 5.41 Å². The fourth-order valence-corrected chi connectivity index (χ4v) is 5.27. The van der Waals surface area contributed by atoms with Gasteiger partial charge >= 0.3 is 15.6 Å². The molecule has 0 amide bonds. The fourth-order valence-electron chi connectivity index (χ4n) is 3.57. The Kier molecular flexibility index (Phi) is 16.1. The van der Waals surface area contributed by atoms with Gasteiger partial charge in [-0.1, -0.05) is 132 Å². The normalized spacial score (nSPS) is 14.4. The first kappa shape index (κ1) is 43.6. The van der Waals surface area contributed by atoms with Gasteiger partial charge < -0.3 is 30.0 Å². The molecule has 2 aromatic carbocycles. The molecule has 0 aromatic heterocycles. The number of rotatable bonds is 8. The summed E-state index contributed by atoms with van der Waals surface area (Å²) in [5, 5.41) is 26.5. The smallest absolute Gasteiger partial charge is 0.396 e. The molecule has 0 fully saturated rings. The minimum Gasteiger partial charge on any atom is -0.396 e.